The Balaban J connectivity index is 2.24. The van der Waals surface area contributed by atoms with Crippen molar-refractivity contribution in [3.8, 4) is 5.75 Å². The molecule has 6 nitrogen and oxygen atoms in total. The van der Waals surface area contributed by atoms with Gasteiger partial charge in [-0.05, 0) is 68.6 Å². The molecule has 2 heterocycles. The average molecular weight is 529 g/mol. The highest BCUT2D eigenvalue weighted by Crippen LogP contribution is 2.52. The Kier molecular flexibility index (Phi) is 8.47. The number of methoxy groups -OCH3 is 1. The summed E-state index contributed by atoms with van der Waals surface area (Å²) >= 11 is 1.53. The first-order valence-electron chi connectivity index (χ1n) is 13.3. The van der Waals surface area contributed by atoms with E-state index in [1.165, 1.54) is 11.3 Å². The van der Waals surface area contributed by atoms with E-state index in [9.17, 15) is 9.59 Å². The van der Waals surface area contributed by atoms with Crippen molar-refractivity contribution in [3.63, 3.8) is 0 Å². The van der Waals surface area contributed by atoms with Crippen molar-refractivity contribution in [1.82, 2.24) is 9.88 Å². The lowest BCUT2D eigenvalue weighted by Gasteiger charge is -2.41. The van der Waals surface area contributed by atoms with Crippen molar-refractivity contribution < 1.29 is 19.1 Å². The largest absolute Gasteiger partial charge is 0.496 e. The Morgan fingerprint density at radius 2 is 1.86 bits per heavy atom. The van der Waals surface area contributed by atoms with Crippen LogP contribution in [0, 0.1) is 11.8 Å². The van der Waals surface area contributed by atoms with Gasteiger partial charge in [-0.2, -0.15) is 0 Å². The predicted molar refractivity (Wildman–Crippen MR) is 149 cm³/mol. The van der Waals surface area contributed by atoms with Crippen molar-refractivity contribution in [2.24, 2.45) is 11.8 Å². The van der Waals surface area contributed by atoms with Crippen LogP contribution >= 0.6 is 11.3 Å². The molecule has 1 saturated heterocycles. The van der Waals surface area contributed by atoms with Gasteiger partial charge in [0.05, 0.1) is 13.2 Å². The van der Waals surface area contributed by atoms with Gasteiger partial charge < -0.3 is 14.4 Å². The molecule has 1 aliphatic rings. The Labute approximate surface area is 226 Å². The Morgan fingerprint density at radius 3 is 2.35 bits per heavy atom. The van der Waals surface area contributed by atoms with Crippen LogP contribution in [0.2, 0.25) is 0 Å². The molecule has 0 N–H and O–H groups in total. The molecule has 37 heavy (non-hydrogen) atoms. The number of esters is 1. The molecule has 3 atom stereocenters. The van der Waals surface area contributed by atoms with Crippen LogP contribution in [-0.4, -0.2) is 40.0 Å². The van der Waals surface area contributed by atoms with Crippen molar-refractivity contribution in [1.29, 1.82) is 0 Å². The summed E-state index contributed by atoms with van der Waals surface area (Å²) < 4.78 is 11.8. The fourth-order valence-corrected chi connectivity index (χ4v) is 6.40. The van der Waals surface area contributed by atoms with Gasteiger partial charge >= 0.3 is 5.97 Å². The standard InChI is InChI=1S/C30H44N2O4S/c1-11-20-18-30(17-19(2)3,27(34)36-29(7,8)9)32(24(20)25-31-14-15-37-25)26(33)21-12-13-22(28(4,5)6)23(16-21)35-10/h12-16,19-20,24H,11,17-18H2,1-10H3/t20-,24-,30+/m1/s1. The molecule has 0 radical (unpaired) electrons. The fourth-order valence-electron chi connectivity index (χ4n) is 5.58. The number of amides is 1. The monoisotopic (exact) mass is 528 g/mol. The molecule has 0 spiro atoms. The topological polar surface area (TPSA) is 68.7 Å². The van der Waals surface area contributed by atoms with Crippen molar-refractivity contribution in [3.05, 3.63) is 45.9 Å². The highest BCUT2D eigenvalue weighted by atomic mass is 32.1. The average Bonchev–Trinajstić information content (AvgIpc) is 3.42. The number of carbonyl (C=O) groups excluding carboxylic acids is 2. The first-order chi connectivity index (χ1) is 17.1. The minimum Gasteiger partial charge on any atom is -0.496 e. The van der Waals surface area contributed by atoms with E-state index >= 15 is 0 Å². The van der Waals surface area contributed by atoms with Crippen LogP contribution in [0.25, 0.3) is 0 Å². The lowest BCUT2D eigenvalue weighted by Crippen LogP contribution is -2.56. The molecular weight excluding hydrogens is 484 g/mol. The van der Waals surface area contributed by atoms with Crippen LogP contribution in [0.5, 0.6) is 5.75 Å². The van der Waals surface area contributed by atoms with Crippen LogP contribution in [-0.2, 0) is 14.9 Å². The second-order valence-electron chi connectivity index (χ2n) is 12.7. The number of benzene rings is 1. The summed E-state index contributed by atoms with van der Waals surface area (Å²) in [5.74, 6) is 0.395. The summed E-state index contributed by atoms with van der Waals surface area (Å²) in [5.41, 5.74) is -0.383. The number of likely N-dealkylation sites (tertiary alicyclic amines) is 1. The summed E-state index contributed by atoms with van der Waals surface area (Å²) in [6.07, 6.45) is 3.66. The maximum Gasteiger partial charge on any atom is 0.332 e. The van der Waals surface area contributed by atoms with E-state index in [1.54, 1.807) is 13.3 Å². The van der Waals surface area contributed by atoms with E-state index in [4.69, 9.17) is 9.47 Å². The molecule has 2 aromatic rings. The zero-order chi connectivity index (χ0) is 27.8. The molecule has 0 unspecified atom stereocenters. The summed E-state index contributed by atoms with van der Waals surface area (Å²) in [6, 6.07) is 5.34. The number of hydrogen-bond donors (Lipinski definition) is 0. The maximum absolute atomic E-state index is 14.5. The van der Waals surface area contributed by atoms with Gasteiger partial charge in [0.2, 0.25) is 0 Å². The summed E-state index contributed by atoms with van der Waals surface area (Å²) in [5, 5.41) is 2.79. The lowest BCUT2D eigenvalue weighted by atomic mass is 9.82. The molecule has 1 fully saturated rings. The van der Waals surface area contributed by atoms with Crippen LogP contribution in [0.4, 0.5) is 0 Å². The molecule has 1 aromatic heterocycles. The number of carbonyl (C=O) groups is 2. The minimum atomic E-state index is -1.09. The third-order valence-electron chi connectivity index (χ3n) is 7.01. The van der Waals surface area contributed by atoms with Gasteiger partial charge in [-0.15, -0.1) is 11.3 Å². The molecular formula is C30H44N2O4S. The molecule has 1 amide bonds. The first kappa shape index (κ1) is 29.2. The number of nitrogens with zero attached hydrogens (tertiary/aromatic N) is 2. The van der Waals surface area contributed by atoms with Gasteiger partial charge in [0.1, 0.15) is 21.9 Å². The molecule has 0 aliphatic carbocycles. The number of rotatable bonds is 7. The van der Waals surface area contributed by atoms with Gasteiger partial charge in [0.25, 0.3) is 5.91 Å². The lowest BCUT2D eigenvalue weighted by molar-refractivity contribution is -0.168. The van der Waals surface area contributed by atoms with E-state index in [1.807, 2.05) is 49.3 Å². The van der Waals surface area contributed by atoms with Gasteiger partial charge in [-0.25, -0.2) is 9.78 Å². The maximum atomic E-state index is 14.5. The first-order valence-corrected chi connectivity index (χ1v) is 14.2. The van der Waals surface area contributed by atoms with Gasteiger partial charge in [0, 0.05) is 17.1 Å². The zero-order valence-electron chi connectivity index (χ0n) is 24.2. The van der Waals surface area contributed by atoms with E-state index in [2.05, 4.69) is 46.5 Å². The highest BCUT2D eigenvalue weighted by Gasteiger charge is 2.60. The van der Waals surface area contributed by atoms with Crippen LogP contribution in [0.3, 0.4) is 0 Å². The quantitative estimate of drug-likeness (QED) is 0.356. The molecule has 0 bridgehead atoms. The molecule has 0 saturated carbocycles. The van der Waals surface area contributed by atoms with Crippen LogP contribution in [0.15, 0.2) is 29.8 Å². The SMILES string of the molecule is CC[C@@H]1C[C@@](CC(C)C)(C(=O)OC(C)(C)C)N(C(=O)c2ccc(C(C)(C)C)c(OC)c2)[C@H]1c1nccs1. The number of thiazole rings is 1. The number of ether oxygens (including phenoxy) is 2. The fraction of sp³-hybridized carbons (Fsp3) is 0.633. The minimum absolute atomic E-state index is 0.0807. The summed E-state index contributed by atoms with van der Waals surface area (Å²) in [7, 11) is 1.63. The number of hydrogen-bond acceptors (Lipinski definition) is 6. The molecule has 1 aromatic carbocycles. The molecule has 1 aliphatic heterocycles. The molecule has 7 heteroatoms. The highest BCUT2D eigenvalue weighted by molar-refractivity contribution is 7.09. The third kappa shape index (κ3) is 6.02. The van der Waals surface area contributed by atoms with Crippen molar-refractivity contribution in [2.75, 3.05) is 7.11 Å². The van der Waals surface area contributed by atoms with Crippen molar-refractivity contribution in [2.45, 2.75) is 104 Å². The third-order valence-corrected chi connectivity index (χ3v) is 7.86. The predicted octanol–water partition coefficient (Wildman–Crippen LogP) is 7.19. The second kappa shape index (κ2) is 10.8. The van der Waals surface area contributed by atoms with E-state index in [0.717, 1.165) is 17.0 Å². The van der Waals surface area contributed by atoms with Crippen LogP contribution in [0.1, 0.15) is 109 Å². The second-order valence-corrected chi connectivity index (χ2v) is 13.6. The Bertz CT molecular complexity index is 1100. The van der Waals surface area contributed by atoms with E-state index in [0.29, 0.717) is 24.2 Å². The molecule has 204 valence electrons. The molecule has 3 rings (SSSR count). The van der Waals surface area contributed by atoms with Gasteiger partial charge in [-0.3, -0.25) is 4.79 Å². The van der Waals surface area contributed by atoms with E-state index < -0.39 is 11.1 Å². The number of aromatic nitrogens is 1. The van der Waals surface area contributed by atoms with Crippen molar-refractivity contribution >= 4 is 23.2 Å². The van der Waals surface area contributed by atoms with Gasteiger partial charge in [0.15, 0.2) is 0 Å². The smallest absolute Gasteiger partial charge is 0.332 e. The summed E-state index contributed by atoms with van der Waals surface area (Å²) in [6.45, 7) is 18.3. The Hall–Kier alpha value is -2.41. The normalized spacial score (nSPS) is 22.4. The van der Waals surface area contributed by atoms with Gasteiger partial charge in [-0.1, -0.05) is 54.0 Å². The van der Waals surface area contributed by atoms with Crippen LogP contribution < -0.4 is 4.74 Å². The Morgan fingerprint density at radius 1 is 1.19 bits per heavy atom. The van der Waals surface area contributed by atoms with E-state index in [-0.39, 0.29) is 35.2 Å². The summed E-state index contributed by atoms with van der Waals surface area (Å²) in [4.78, 5) is 35.1. The zero-order valence-corrected chi connectivity index (χ0v) is 25.0.